The number of fused-ring (bicyclic) bond motifs is 9. The molecule has 0 bridgehead atoms. The lowest BCUT2D eigenvalue weighted by Crippen LogP contribution is -2.32. The van der Waals surface area contributed by atoms with Gasteiger partial charge in [-0.15, -0.1) is 0 Å². The van der Waals surface area contributed by atoms with E-state index < -0.39 is 5.41 Å². The van der Waals surface area contributed by atoms with Crippen molar-refractivity contribution in [2.24, 2.45) is 0 Å². The molecule has 0 atom stereocenters. The van der Waals surface area contributed by atoms with Gasteiger partial charge < -0.3 is 4.74 Å². The second-order valence-corrected chi connectivity index (χ2v) is 14.8. The summed E-state index contributed by atoms with van der Waals surface area (Å²) in [6.07, 6.45) is 0. The third kappa shape index (κ3) is 5.29. The van der Waals surface area contributed by atoms with Gasteiger partial charge in [0, 0.05) is 27.8 Å². The average Bonchev–Trinajstić information content (AvgIpc) is 3.58. The lowest BCUT2D eigenvalue weighted by molar-refractivity contribution is 0.436. The second kappa shape index (κ2) is 13.4. The molecule has 4 heteroatoms. The Morgan fingerprint density at radius 3 is 1.57 bits per heavy atom. The maximum atomic E-state index is 10.1. The van der Waals surface area contributed by atoms with Crippen LogP contribution in [0, 0.1) is 11.3 Å². The number of benzene rings is 8. The van der Waals surface area contributed by atoms with Gasteiger partial charge in [-0.3, -0.25) is 0 Å². The number of nitrogens with zero attached hydrogens (tertiary/aromatic N) is 3. The van der Waals surface area contributed by atoms with E-state index in [1.54, 1.807) is 0 Å². The minimum absolute atomic E-state index is 0.631. The van der Waals surface area contributed by atoms with E-state index in [0.29, 0.717) is 11.4 Å². The predicted octanol–water partition coefficient (Wildman–Crippen LogP) is 13.2. The molecule has 0 radical (unpaired) electrons. The molecular formula is C54H33N3O. The van der Waals surface area contributed by atoms with Gasteiger partial charge in [-0.05, 0) is 87.0 Å². The molecule has 0 unspecified atom stereocenters. The number of nitriles is 1. The van der Waals surface area contributed by atoms with E-state index >= 15 is 0 Å². The number of hydrogen-bond donors (Lipinski definition) is 0. The Bertz CT molecular complexity index is 3050. The van der Waals surface area contributed by atoms with Crippen LogP contribution in [0.5, 0.6) is 11.5 Å². The van der Waals surface area contributed by atoms with E-state index in [2.05, 4.69) is 152 Å². The molecule has 58 heavy (non-hydrogen) atoms. The van der Waals surface area contributed by atoms with E-state index in [1.165, 1.54) is 11.1 Å². The van der Waals surface area contributed by atoms with Crippen LogP contribution in [0.4, 0.5) is 0 Å². The zero-order valence-corrected chi connectivity index (χ0v) is 31.3. The fourth-order valence-corrected chi connectivity index (χ4v) is 8.93. The van der Waals surface area contributed by atoms with Crippen molar-refractivity contribution in [3.63, 3.8) is 0 Å². The third-order valence-corrected chi connectivity index (χ3v) is 11.6. The molecule has 2 aliphatic rings. The van der Waals surface area contributed by atoms with Gasteiger partial charge in [-0.2, -0.15) is 5.26 Å². The van der Waals surface area contributed by atoms with Crippen LogP contribution in [-0.2, 0) is 5.41 Å². The Morgan fingerprint density at radius 2 is 0.879 bits per heavy atom. The van der Waals surface area contributed by atoms with E-state index in [9.17, 15) is 5.26 Å². The molecule has 8 aromatic carbocycles. The molecule has 2 heterocycles. The largest absolute Gasteiger partial charge is 0.457 e. The highest BCUT2D eigenvalue weighted by Gasteiger charge is 2.51. The van der Waals surface area contributed by atoms with Crippen LogP contribution in [0.2, 0.25) is 0 Å². The molecule has 1 aromatic heterocycles. The highest BCUT2D eigenvalue weighted by molar-refractivity contribution is 5.91. The summed E-state index contributed by atoms with van der Waals surface area (Å²) in [5.74, 6) is 2.31. The quantitative estimate of drug-likeness (QED) is 0.176. The van der Waals surface area contributed by atoms with E-state index in [-0.39, 0.29) is 0 Å². The van der Waals surface area contributed by atoms with E-state index in [0.717, 1.165) is 84.1 Å². The first-order valence-corrected chi connectivity index (χ1v) is 19.4. The second-order valence-electron chi connectivity index (χ2n) is 14.8. The SMILES string of the molecule is N#Cc1ccc2c(c1)C1(c3ccccc3Oc3ccccc31)c1cc(-c3cccc(-c4cc(-c5ccc(-c6ccccc6)cc5)nc(-c5ccccc5)n4)c3)ccc1-2. The molecular weight excluding hydrogens is 707 g/mol. The summed E-state index contributed by atoms with van der Waals surface area (Å²) < 4.78 is 6.56. The summed E-state index contributed by atoms with van der Waals surface area (Å²) in [5.41, 5.74) is 15.8. The molecule has 0 amide bonds. The van der Waals surface area contributed by atoms with Crippen molar-refractivity contribution >= 4 is 0 Å². The van der Waals surface area contributed by atoms with Crippen molar-refractivity contribution in [3.05, 3.63) is 228 Å². The molecule has 1 spiro atoms. The van der Waals surface area contributed by atoms with E-state index in [4.69, 9.17) is 14.7 Å². The summed E-state index contributed by atoms with van der Waals surface area (Å²) >= 11 is 0. The van der Waals surface area contributed by atoms with Gasteiger partial charge >= 0.3 is 0 Å². The molecule has 0 saturated heterocycles. The van der Waals surface area contributed by atoms with Crippen molar-refractivity contribution < 1.29 is 4.74 Å². The third-order valence-electron chi connectivity index (χ3n) is 11.6. The highest BCUT2D eigenvalue weighted by atomic mass is 16.5. The first-order valence-electron chi connectivity index (χ1n) is 19.4. The Hall–Kier alpha value is -7.87. The van der Waals surface area contributed by atoms with Gasteiger partial charge in [-0.25, -0.2) is 9.97 Å². The number of hydrogen-bond acceptors (Lipinski definition) is 4. The van der Waals surface area contributed by atoms with Crippen molar-refractivity contribution in [1.82, 2.24) is 9.97 Å². The Morgan fingerprint density at radius 1 is 0.379 bits per heavy atom. The van der Waals surface area contributed by atoms with Crippen LogP contribution >= 0.6 is 0 Å². The molecule has 270 valence electrons. The summed E-state index contributed by atoms with van der Waals surface area (Å²) in [6, 6.07) is 71.9. The molecule has 11 rings (SSSR count). The number of rotatable bonds is 5. The molecule has 0 fully saturated rings. The highest BCUT2D eigenvalue weighted by Crippen LogP contribution is 2.62. The summed E-state index contributed by atoms with van der Waals surface area (Å²) in [4.78, 5) is 10.3. The monoisotopic (exact) mass is 739 g/mol. The summed E-state index contributed by atoms with van der Waals surface area (Å²) in [5, 5.41) is 10.1. The molecule has 1 aliphatic carbocycles. The lowest BCUT2D eigenvalue weighted by Gasteiger charge is -2.39. The lowest BCUT2D eigenvalue weighted by atomic mass is 9.65. The van der Waals surface area contributed by atoms with Gasteiger partial charge in [0.25, 0.3) is 0 Å². The average molecular weight is 740 g/mol. The summed E-state index contributed by atoms with van der Waals surface area (Å²) in [6.45, 7) is 0. The normalized spacial score (nSPS) is 12.7. The number of para-hydroxylation sites is 2. The van der Waals surface area contributed by atoms with Crippen LogP contribution in [0.15, 0.2) is 200 Å². The maximum Gasteiger partial charge on any atom is 0.160 e. The molecule has 0 N–H and O–H groups in total. The molecule has 4 nitrogen and oxygen atoms in total. The Labute approximate surface area is 337 Å². The van der Waals surface area contributed by atoms with Crippen molar-refractivity contribution in [2.45, 2.75) is 5.41 Å². The molecule has 9 aromatic rings. The minimum atomic E-state index is -0.682. The Kier molecular flexibility index (Phi) is 7.74. The van der Waals surface area contributed by atoms with Crippen LogP contribution in [-0.4, -0.2) is 9.97 Å². The van der Waals surface area contributed by atoms with Gasteiger partial charge in [0.2, 0.25) is 0 Å². The van der Waals surface area contributed by atoms with Gasteiger partial charge in [0.05, 0.1) is 28.4 Å². The molecule has 1 aliphatic heterocycles. The smallest absolute Gasteiger partial charge is 0.160 e. The zero-order valence-electron chi connectivity index (χ0n) is 31.3. The first kappa shape index (κ1) is 33.5. The molecule has 0 saturated carbocycles. The summed E-state index contributed by atoms with van der Waals surface area (Å²) in [7, 11) is 0. The Balaban J connectivity index is 1.06. The van der Waals surface area contributed by atoms with Crippen LogP contribution in [0.1, 0.15) is 27.8 Å². The fraction of sp³-hybridized carbons (Fsp3) is 0.0185. The zero-order chi connectivity index (χ0) is 38.6. The van der Waals surface area contributed by atoms with Gasteiger partial charge in [-0.1, -0.05) is 158 Å². The minimum Gasteiger partial charge on any atom is -0.457 e. The first-order chi connectivity index (χ1) is 28.7. The van der Waals surface area contributed by atoms with Crippen molar-refractivity contribution in [2.75, 3.05) is 0 Å². The van der Waals surface area contributed by atoms with Crippen LogP contribution < -0.4 is 4.74 Å². The van der Waals surface area contributed by atoms with Crippen LogP contribution in [0.25, 0.3) is 67.3 Å². The predicted molar refractivity (Wildman–Crippen MR) is 231 cm³/mol. The van der Waals surface area contributed by atoms with Crippen LogP contribution in [0.3, 0.4) is 0 Å². The topological polar surface area (TPSA) is 58.8 Å². The number of aromatic nitrogens is 2. The van der Waals surface area contributed by atoms with E-state index in [1.807, 2.05) is 54.6 Å². The van der Waals surface area contributed by atoms with Crippen molar-refractivity contribution in [3.8, 4) is 84.9 Å². The number of ether oxygens (including phenoxy) is 1. The fourth-order valence-electron chi connectivity index (χ4n) is 8.93. The maximum absolute atomic E-state index is 10.1. The van der Waals surface area contributed by atoms with Gasteiger partial charge in [0.1, 0.15) is 11.5 Å². The standard InChI is InChI=1S/C54H33N3O/c55-34-35-22-28-43-44-29-27-41(32-48(44)54(47(43)30-35)45-18-7-9-20-51(45)58-52-21-10-8-19-46(52)54)40-16-11-17-42(31-40)50-33-49(56-53(57-50)39-14-5-2-6-15-39)38-25-23-37(24-26-38)36-12-3-1-4-13-36/h1-33H. The van der Waals surface area contributed by atoms with Gasteiger partial charge in [0.15, 0.2) is 5.82 Å². The van der Waals surface area contributed by atoms with Crippen molar-refractivity contribution in [1.29, 1.82) is 5.26 Å².